The van der Waals surface area contributed by atoms with E-state index < -0.39 is 11.6 Å². The van der Waals surface area contributed by atoms with Crippen molar-refractivity contribution in [3.8, 4) is 0 Å². The maximum absolute atomic E-state index is 10.8. The summed E-state index contributed by atoms with van der Waals surface area (Å²) in [4.78, 5) is 12.7. The van der Waals surface area contributed by atoms with Gasteiger partial charge in [0.05, 0.1) is 6.61 Å². The van der Waals surface area contributed by atoms with Crippen molar-refractivity contribution in [1.29, 1.82) is 0 Å². The standard InChI is InChI=1S/C11H21NO4/c1-11(16,10(14)15)8-12(6-7-13)9-4-2-3-5-9/h9,13,16H,2-8H2,1H3,(H,14,15). The summed E-state index contributed by atoms with van der Waals surface area (Å²) in [6.07, 6.45) is 4.33. The predicted octanol–water partition coefficient (Wildman–Crippen LogP) is 0.0589. The minimum atomic E-state index is -1.74. The largest absolute Gasteiger partial charge is 0.479 e. The average molecular weight is 231 g/mol. The summed E-state index contributed by atoms with van der Waals surface area (Å²) in [7, 11) is 0. The second kappa shape index (κ2) is 5.61. The molecule has 5 heteroatoms. The molecule has 1 atom stereocenters. The van der Waals surface area contributed by atoms with Gasteiger partial charge in [-0.1, -0.05) is 12.8 Å². The minimum absolute atomic E-state index is 0.00774. The van der Waals surface area contributed by atoms with Crippen molar-refractivity contribution in [2.24, 2.45) is 0 Å². The van der Waals surface area contributed by atoms with E-state index in [2.05, 4.69) is 0 Å². The first kappa shape index (κ1) is 13.4. The molecular formula is C11H21NO4. The Morgan fingerprint density at radius 1 is 1.44 bits per heavy atom. The number of carbonyl (C=O) groups is 1. The molecule has 0 amide bonds. The van der Waals surface area contributed by atoms with Crippen molar-refractivity contribution in [2.75, 3.05) is 19.7 Å². The maximum atomic E-state index is 10.8. The molecule has 1 fully saturated rings. The molecule has 0 saturated heterocycles. The molecule has 1 saturated carbocycles. The van der Waals surface area contributed by atoms with Gasteiger partial charge < -0.3 is 15.3 Å². The van der Waals surface area contributed by atoms with Crippen molar-refractivity contribution in [1.82, 2.24) is 4.90 Å². The molecule has 16 heavy (non-hydrogen) atoms. The number of aliphatic carboxylic acids is 1. The fourth-order valence-corrected chi connectivity index (χ4v) is 2.25. The Labute approximate surface area is 95.7 Å². The van der Waals surface area contributed by atoms with Crippen LogP contribution in [0.4, 0.5) is 0 Å². The van der Waals surface area contributed by atoms with Gasteiger partial charge in [-0.25, -0.2) is 4.79 Å². The zero-order chi connectivity index (χ0) is 12.2. The predicted molar refractivity (Wildman–Crippen MR) is 59.2 cm³/mol. The molecule has 3 N–H and O–H groups in total. The quantitative estimate of drug-likeness (QED) is 0.602. The van der Waals surface area contributed by atoms with Gasteiger partial charge in [0.2, 0.25) is 0 Å². The molecule has 0 aromatic heterocycles. The average Bonchev–Trinajstić information content (AvgIpc) is 2.69. The molecule has 0 spiro atoms. The van der Waals surface area contributed by atoms with Crippen molar-refractivity contribution in [3.05, 3.63) is 0 Å². The van der Waals surface area contributed by atoms with Crippen molar-refractivity contribution in [3.63, 3.8) is 0 Å². The van der Waals surface area contributed by atoms with E-state index in [-0.39, 0.29) is 13.2 Å². The Morgan fingerprint density at radius 2 is 2.00 bits per heavy atom. The highest BCUT2D eigenvalue weighted by molar-refractivity contribution is 5.76. The van der Waals surface area contributed by atoms with Gasteiger partial charge in [0, 0.05) is 19.1 Å². The molecule has 0 aromatic carbocycles. The number of hydrogen-bond donors (Lipinski definition) is 3. The van der Waals surface area contributed by atoms with Crippen LogP contribution >= 0.6 is 0 Å². The van der Waals surface area contributed by atoms with Crippen LogP contribution in [0.15, 0.2) is 0 Å². The smallest absolute Gasteiger partial charge is 0.336 e. The van der Waals surface area contributed by atoms with Gasteiger partial charge in [-0.15, -0.1) is 0 Å². The molecule has 5 nitrogen and oxygen atoms in total. The molecule has 1 aliphatic carbocycles. The number of aliphatic hydroxyl groups excluding tert-OH is 1. The van der Waals surface area contributed by atoms with Crippen LogP contribution in [-0.2, 0) is 4.79 Å². The first-order valence-corrected chi connectivity index (χ1v) is 5.78. The lowest BCUT2D eigenvalue weighted by molar-refractivity contribution is -0.159. The summed E-state index contributed by atoms with van der Waals surface area (Å²) in [5.74, 6) is -1.21. The first-order valence-electron chi connectivity index (χ1n) is 5.78. The summed E-state index contributed by atoms with van der Waals surface area (Å²) < 4.78 is 0. The molecule has 0 aliphatic heterocycles. The SMILES string of the molecule is CC(O)(CN(CCO)C1CCCC1)C(=O)O. The highest BCUT2D eigenvalue weighted by Crippen LogP contribution is 2.24. The minimum Gasteiger partial charge on any atom is -0.479 e. The lowest BCUT2D eigenvalue weighted by Crippen LogP contribution is -2.50. The molecule has 0 radical (unpaired) electrons. The zero-order valence-corrected chi connectivity index (χ0v) is 9.72. The topological polar surface area (TPSA) is 81.0 Å². The van der Waals surface area contributed by atoms with E-state index in [1.165, 1.54) is 6.92 Å². The van der Waals surface area contributed by atoms with Gasteiger partial charge in [-0.05, 0) is 19.8 Å². The Balaban J connectivity index is 2.59. The van der Waals surface area contributed by atoms with Crippen molar-refractivity contribution < 1.29 is 20.1 Å². The lowest BCUT2D eigenvalue weighted by Gasteiger charge is -2.32. The Kier molecular flexibility index (Phi) is 4.70. The summed E-state index contributed by atoms with van der Waals surface area (Å²) in [6.45, 7) is 1.79. The third kappa shape index (κ3) is 3.43. The van der Waals surface area contributed by atoms with Gasteiger partial charge in [0.25, 0.3) is 0 Å². The van der Waals surface area contributed by atoms with Crippen LogP contribution in [0.25, 0.3) is 0 Å². The van der Waals surface area contributed by atoms with Gasteiger partial charge >= 0.3 is 5.97 Å². The first-order chi connectivity index (χ1) is 7.47. The van der Waals surface area contributed by atoms with E-state index in [1.54, 1.807) is 0 Å². The van der Waals surface area contributed by atoms with E-state index in [0.29, 0.717) is 12.6 Å². The summed E-state index contributed by atoms with van der Waals surface area (Å²) in [6, 6.07) is 0.304. The van der Waals surface area contributed by atoms with Crippen LogP contribution in [0.1, 0.15) is 32.6 Å². The molecule has 1 aliphatic rings. The zero-order valence-electron chi connectivity index (χ0n) is 9.72. The highest BCUT2D eigenvalue weighted by Gasteiger charge is 2.35. The molecule has 1 unspecified atom stereocenters. The van der Waals surface area contributed by atoms with E-state index in [4.69, 9.17) is 10.2 Å². The number of carboxylic acids is 1. The fourth-order valence-electron chi connectivity index (χ4n) is 2.25. The van der Waals surface area contributed by atoms with Crippen LogP contribution in [0, 0.1) is 0 Å². The fraction of sp³-hybridized carbons (Fsp3) is 0.909. The third-order valence-electron chi connectivity index (χ3n) is 3.20. The van der Waals surface area contributed by atoms with Crippen LogP contribution < -0.4 is 0 Å². The van der Waals surface area contributed by atoms with Gasteiger partial charge in [-0.3, -0.25) is 4.90 Å². The van der Waals surface area contributed by atoms with Crippen LogP contribution in [0.5, 0.6) is 0 Å². The van der Waals surface area contributed by atoms with E-state index in [0.717, 1.165) is 25.7 Å². The van der Waals surface area contributed by atoms with Gasteiger partial charge in [-0.2, -0.15) is 0 Å². The summed E-state index contributed by atoms with van der Waals surface area (Å²) >= 11 is 0. The second-order valence-corrected chi connectivity index (χ2v) is 4.71. The number of nitrogens with zero attached hydrogens (tertiary/aromatic N) is 1. The monoisotopic (exact) mass is 231 g/mol. The van der Waals surface area contributed by atoms with E-state index in [9.17, 15) is 9.90 Å². The van der Waals surface area contributed by atoms with Crippen LogP contribution in [0.3, 0.4) is 0 Å². The number of rotatable bonds is 6. The number of hydrogen-bond acceptors (Lipinski definition) is 4. The molecular weight excluding hydrogens is 210 g/mol. The molecule has 0 heterocycles. The number of carboxylic acid groups (broad SMARTS) is 1. The van der Waals surface area contributed by atoms with Crippen molar-refractivity contribution >= 4 is 5.97 Å². The van der Waals surface area contributed by atoms with Crippen LogP contribution in [0.2, 0.25) is 0 Å². The molecule has 94 valence electrons. The maximum Gasteiger partial charge on any atom is 0.336 e. The Hall–Kier alpha value is -0.650. The molecule has 0 bridgehead atoms. The number of aliphatic hydroxyl groups is 2. The van der Waals surface area contributed by atoms with Crippen molar-refractivity contribution in [2.45, 2.75) is 44.2 Å². The van der Waals surface area contributed by atoms with Gasteiger partial charge in [0.15, 0.2) is 5.60 Å². The third-order valence-corrected chi connectivity index (χ3v) is 3.20. The second-order valence-electron chi connectivity index (χ2n) is 4.71. The van der Waals surface area contributed by atoms with Crippen LogP contribution in [-0.4, -0.2) is 57.5 Å². The molecule has 0 aromatic rings. The highest BCUT2D eigenvalue weighted by atomic mass is 16.4. The van der Waals surface area contributed by atoms with E-state index in [1.807, 2.05) is 4.90 Å². The van der Waals surface area contributed by atoms with E-state index >= 15 is 0 Å². The van der Waals surface area contributed by atoms with Gasteiger partial charge in [0.1, 0.15) is 0 Å². The Bertz CT molecular complexity index is 236. The summed E-state index contributed by atoms with van der Waals surface area (Å²) in [5.41, 5.74) is -1.74. The Morgan fingerprint density at radius 3 is 2.44 bits per heavy atom. The summed E-state index contributed by atoms with van der Waals surface area (Å²) in [5, 5.41) is 27.6. The normalized spacial score (nSPS) is 21.2. The lowest BCUT2D eigenvalue weighted by atomic mass is 10.1. The molecule has 1 rings (SSSR count).